The number of para-hydroxylation sites is 2. The molecule has 0 saturated carbocycles. The molecule has 0 aliphatic heterocycles. The molecule has 0 aliphatic rings. The first kappa shape index (κ1) is 18.5. The normalized spacial score (nSPS) is 10.6. The van der Waals surface area contributed by atoms with Crippen molar-refractivity contribution >= 4 is 29.3 Å². The molecule has 0 fully saturated rings. The molecule has 0 aliphatic carbocycles. The van der Waals surface area contributed by atoms with Gasteiger partial charge in [0, 0.05) is 11.1 Å². The van der Waals surface area contributed by atoms with Crippen LogP contribution in [0.2, 0.25) is 5.02 Å². The summed E-state index contributed by atoms with van der Waals surface area (Å²) in [6.07, 6.45) is 3.20. The minimum atomic E-state index is -0.257. The molecule has 0 spiro atoms. The van der Waals surface area contributed by atoms with Gasteiger partial charge in [-0.1, -0.05) is 41.9 Å². The van der Waals surface area contributed by atoms with Gasteiger partial charge >= 0.3 is 0 Å². The van der Waals surface area contributed by atoms with E-state index in [1.165, 1.54) is 6.08 Å². The highest BCUT2D eigenvalue weighted by atomic mass is 35.5. The molecule has 4 nitrogen and oxygen atoms in total. The van der Waals surface area contributed by atoms with E-state index in [0.29, 0.717) is 22.2 Å². The molecule has 3 rings (SSSR count). The maximum Gasteiger partial charge on any atom is 0.248 e. The summed E-state index contributed by atoms with van der Waals surface area (Å²) in [5, 5.41) is 3.41. The molecule has 5 heteroatoms. The number of ether oxygens (including phenoxy) is 2. The van der Waals surface area contributed by atoms with E-state index in [4.69, 9.17) is 21.1 Å². The maximum absolute atomic E-state index is 12.3. The molecule has 0 heterocycles. The Hall–Kier alpha value is -3.24. The fraction of sp³-hybridized carbons (Fsp3) is 0.0455. The monoisotopic (exact) mass is 379 g/mol. The van der Waals surface area contributed by atoms with Crippen LogP contribution in [0.3, 0.4) is 0 Å². The van der Waals surface area contributed by atoms with Crippen molar-refractivity contribution in [1.82, 2.24) is 0 Å². The zero-order valence-electron chi connectivity index (χ0n) is 14.7. The van der Waals surface area contributed by atoms with Gasteiger partial charge in [-0.2, -0.15) is 0 Å². The maximum atomic E-state index is 12.3. The predicted octanol–water partition coefficient (Wildman–Crippen LogP) is 5.79. The van der Waals surface area contributed by atoms with Crippen molar-refractivity contribution in [1.29, 1.82) is 0 Å². The van der Waals surface area contributed by atoms with Gasteiger partial charge in [0.1, 0.15) is 11.5 Å². The quantitative estimate of drug-likeness (QED) is 0.551. The molecule has 0 radical (unpaired) electrons. The molecule has 1 N–H and O–H groups in total. The third-order valence-electron chi connectivity index (χ3n) is 3.71. The molecule has 136 valence electrons. The van der Waals surface area contributed by atoms with E-state index in [1.54, 1.807) is 49.6 Å². The fourth-order valence-corrected chi connectivity index (χ4v) is 2.56. The summed E-state index contributed by atoms with van der Waals surface area (Å²) >= 11 is 5.99. The number of hydrogen-bond donors (Lipinski definition) is 1. The smallest absolute Gasteiger partial charge is 0.248 e. The van der Waals surface area contributed by atoms with Crippen LogP contribution < -0.4 is 14.8 Å². The average Bonchev–Trinajstić information content (AvgIpc) is 2.68. The first-order valence-corrected chi connectivity index (χ1v) is 8.67. The highest BCUT2D eigenvalue weighted by Crippen LogP contribution is 2.30. The van der Waals surface area contributed by atoms with Crippen LogP contribution in [0.5, 0.6) is 17.2 Å². The summed E-state index contributed by atoms with van der Waals surface area (Å²) in [7, 11) is 1.61. The van der Waals surface area contributed by atoms with Gasteiger partial charge in [-0.25, -0.2) is 0 Å². The van der Waals surface area contributed by atoms with Crippen LogP contribution in [-0.4, -0.2) is 13.0 Å². The highest BCUT2D eigenvalue weighted by molar-refractivity contribution is 6.30. The van der Waals surface area contributed by atoms with E-state index < -0.39 is 0 Å². The second-order valence-electron chi connectivity index (χ2n) is 5.65. The molecule has 0 bridgehead atoms. The zero-order valence-corrected chi connectivity index (χ0v) is 15.4. The van der Waals surface area contributed by atoms with Crippen molar-refractivity contribution in [3.63, 3.8) is 0 Å². The number of carbonyl (C=O) groups is 1. The number of halogens is 1. The first-order chi connectivity index (χ1) is 13.1. The van der Waals surface area contributed by atoms with Crippen LogP contribution in [0.1, 0.15) is 5.56 Å². The number of amides is 1. The number of carbonyl (C=O) groups excluding carboxylic acids is 1. The van der Waals surface area contributed by atoms with Crippen LogP contribution in [0.4, 0.5) is 5.69 Å². The summed E-state index contributed by atoms with van der Waals surface area (Å²) in [6.45, 7) is 0. The SMILES string of the molecule is COc1ccc(/C=C/C(=O)Nc2ccccc2Oc2cccc(Cl)c2)cc1. The van der Waals surface area contributed by atoms with Gasteiger partial charge in [-0.15, -0.1) is 0 Å². The second-order valence-corrected chi connectivity index (χ2v) is 6.09. The molecule has 0 saturated heterocycles. The van der Waals surface area contributed by atoms with E-state index in [9.17, 15) is 4.79 Å². The molecule has 0 atom stereocenters. The summed E-state index contributed by atoms with van der Waals surface area (Å²) in [5.41, 5.74) is 1.47. The van der Waals surface area contributed by atoms with Crippen molar-refractivity contribution in [2.24, 2.45) is 0 Å². The highest BCUT2D eigenvalue weighted by Gasteiger charge is 2.07. The summed E-state index contributed by atoms with van der Waals surface area (Å²) in [6, 6.07) is 21.7. The second kappa shape index (κ2) is 8.92. The third-order valence-corrected chi connectivity index (χ3v) is 3.95. The number of nitrogens with one attached hydrogen (secondary N) is 1. The van der Waals surface area contributed by atoms with Crippen molar-refractivity contribution in [2.75, 3.05) is 12.4 Å². The number of benzene rings is 3. The topological polar surface area (TPSA) is 47.6 Å². The van der Waals surface area contributed by atoms with Crippen molar-refractivity contribution in [3.8, 4) is 17.2 Å². The Bertz CT molecular complexity index is 952. The molecule has 27 heavy (non-hydrogen) atoms. The van der Waals surface area contributed by atoms with Crippen molar-refractivity contribution < 1.29 is 14.3 Å². The van der Waals surface area contributed by atoms with Crippen LogP contribution in [-0.2, 0) is 4.79 Å². The van der Waals surface area contributed by atoms with E-state index >= 15 is 0 Å². The van der Waals surface area contributed by atoms with Gasteiger partial charge in [-0.05, 0) is 54.1 Å². The number of anilines is 1. The van der Waals surface area contributed by atoms with Gasteiger partial charge in [0.2, 0.25) is 5.91 Å². The number of methoxy groups -OCH3 is 1. The van der Waals surface area contributed by atoms with Crippen molar-refractivity contribution in [2.45, 2.75) is 0 Å². The Morgan fingerprint density at radius 2 is 1.74 bits per heavy atom. The summed E-state index contributed by atoms with van der Waals surface area (Å²) < 4.78 is 11.0. The molecule has 0 unspecified atom stereocenters. The van der Waals surface area contributed by atoms with Gasteiger partial charge in [0.05, 0.1) is 12.8 Å². The minimum Gasteiger partial charge on any atom is -0.497 e. The third kappa shape index (κ3) is 5.36. The largest absolute Gasteiger partial charge is 0.497 e. The van der Waals surface area contributed by atoms with Crippen LogP contribution in [0.15, 0.2) is 78.9 Å². The Morgan fingerprint density at radius 3 is 2.48 bits per heavy atom. The van der Waals surface area contributed by atoms with Crippen molar-refractivity contribution in [3.05, 3.63) is 89.5 Å². The van der Waals surface area contributed by atoms with Crippen LogP contribution in [0.25, 0.3) is 6.08 Å². The molecule has 3 aromatic carbocycles. The minimum absolute atomic E-state index is 0.257. The summed E-state index contributed by atoms with van der Waals surface area (Å²) in [4.78, 5) is 12.3. The summed E-state index contributed by atoms with van der Waals surface area (Å²) in [5.74, 6) is 1.64. The van der Waals surface area contributed by atoms with E-state index in [2.05, 4.69) is 5.32 Å². The number of hydrogen-bond acceptors (Lipinski definition) is 3. The van der Waals surface area contributed by atoms with Gasteiger partial charge in [0.15, 0.2) is 5.75 Å². The first-order valence-electron chi connectivity index (χ1n) is 8.29. The lowest BCUT2D eigenvalue weighted by Crippen LogP contribution is -2.08. The van der Waals surface area contributed by atoms with E-state index in [-0.39, 0.29) is 5.91 Å². The zero-order chi connectivity index (χ0) is 19.1. The molecule has 3 aromatic rings. The molecular weight excluding hydrogens is 362 g/mol. The molecule has 1 amide bonds. The lowest BCUT2D eigenvalue weighted by atomic mass is 10.2. The molecule has 0 aromatic heterocycles. The molecular formula is C22H18ClNO3. The number of rotatable bonds is 6. The van der Waals surface area contributed by atoms with Crippen LogP contribution in [0, 0.1) is 0 Å². The average molecular weight is 380 g/mol. The Kier molecular flexibility index (Phi) is 6.13. The Balaban J connectivity index is 1.69. The van der Waals surface area contributed by atoms with Gasteiger partial charge in [0.25, 0.3) is 0 Å². The standard InChI is InChI=1S/C22H18ClNO3/c1-26-18-12-9-16(10-13-18)11-14-22(25)24-20-7-2-3-8-21(20)27-19-6-4-5-17(23)15-19/h2-15H,1H3,(H,24,25)/b14-11+. The van der Waals surface area contributed by atoms with Gasteiger partial charge in [-0.3, -0.25) is 4.79 Å². The van der Waals surface area contributed by atoms with E-state index in [0.717, 1.165) is 11.3 Å². The fourth-order valence-electron chi connectivity index (χ4n) is 2.38. The predicted molar refractivity (Wildman–Crippen MR) is 109 cm³/mol. The lowest BCUT2D eigenvalue weighted by Gasteiger charge is -2.11. The van der Waals surface area contributed by atoms with E-state index in [1.807, 2.05) is 36.4 Å². The van der Waals surface area contributed by atoms with Crippen LogP contribution >= 0.6 is 11.6 Å². The Morgan fingerprint density at radius 1 is 0.963 bits per heavy atom. The van der Waals surface area contributed by atoms with Gasteiger partial charge < -0.3 is 14.8 Å². The lowest BCUT2D eigenvalue weighted by molar-refractivity contribution is -0.111. The Labute approximate surface area is 163 Å².